The van der Waals surface area contributed by atoms with E-state index in [1.165, 1.54) is 6.20 Å². The number of aromatic amines is 1. The lowest BCUT2D eigenvalue weighted by atomic mass is 10.3. The van der Waals surface area contributed by atoms with Gasteiger partial charge in [-0.05, 0) is 12.1 Å². The van der Waals surface area contributed by atoms with Crippen molar-refractivity contribution >= 4 is 0 Å². The first-order valence-corrected chi connectivity index (χ1v) is 2.94. The molecule has 1 aromatic rings. The average Bonchev–Trinajstić information content (AvgIpc) is 2.31. The molecule has 0 spiro atoms. The van der Waals surface area contributed by atoms with Crippen molar-refractivity contribution in [2.24, 2.45) is 0 Å². The summed E-state index contributed by atoms with van der Waals surface area (Å²) in [6, 6.07) is 1.95. The topological polar surface area (TPSA) is 58.9 Å². The highest BCUT2D eigenvalue weighted by Gasteiger charge is 1.98. The third kappa shape index (κ3) is 1.89. The molecule has 1 aromatic heterocycles. The first-order chi connectivity index (χ1) is 5.18. The smallest absolute Gasteiger partial charge is 0.209 e. The number of hydrogen-bond acceptors (Lipinski definition) is 2. The lowest BCUT2D eigenvalue weighted by molar-refractivity contribution is -0.479. The maximum absolute atomic E-state index is 9.92. The molecule has 0 bridgehead atoms. The van der Waals surface area contributed by atoms with Crippen LogP contribution in [0.3, 0.4) is 0 Å². The van der Waals surface area contributed by atoms with Crippen LogP contribution < -0.4 is 0 Å². The molecule has 0 aliphatic rings. The van der Waals surface area contributed by atoms with Gasteiger partial charge in [0.25, 0.3) is 0 Å². The van der Waals surface area contributed by atoms with Crippen molar-refractivity contribution in [2.45, 2.75) is 6.42 Å². The fourth-order valence-electron chi connectivity index (χ4n) is 0.674. The molecule has 0 radical (unpaired) electrons. The molecule has 0 aromatic carbocycles. The molecule has 1 heterocycles. The summed E-state index contributed by atoms with van der Waals surface area (Å²) in [4.78, 5) is 12.3. The van der Waals surface area contributed by atoms with E-state index in [0.717, 1.165) is 5.69 Å². The van der Waals surface area contributed by atoms with Crippen LogP contribution in [0.15, 0.2) is 18.3 Å². The van der Waals surface area contributed by atoms with Gasteiger partial charge in [-0.2, -0.15) is 0 Å². The third-order valence-electron chi connectivity index (χ3n) is 1.16. The Kier molecular flexibility index (Phi) is 1.64. The minimum atomic E-state index is -0.371. The van der Waals surface area contributed by atoms with E-state index in [-0.39, 0.29) is 11.5 Å². The van der Waals surface area contributed by atoms with E-state index in [1.54, 1.807) is 6.07 Å². The molecule has 0 aliphatic carbocycles. The average molecular weight is 142 g/mol. The quantitative estimate of drug-likeness (QED) is 0.502. The molecule has 4 nitrogen and oxygen atoms in total. The maximum atomic E-state index is 9.92. The van der Waals surface area contributed by atoms with E-state index in [9.17, 15) is 10.1 Å². The summed E-state index contributed by atoms with van der Waals surface area (Å²) in [6.45, 7) is -0.0834. The van der Waals surface area contributed by atoms with Gasteiger partial charge in [0.1, 0.15) is 0 Å². The van der Waals surface area contributed by atoms with E-state index < -0.39 is 0 Å². The van der Waals surface area contributed by atoms with Crippen LogP contribution in [0.4, 0.5) is 0 Å². The van der Waals surface area contributed by atoms with Crippen LogP contribution in [0.1, 0.15) is 7.06 Å². The van der Waals surface area contributed by atoms with Crippen molar-refractivity contribution in [3.63, 3.8) is 0 Å². The molecule has 0 amide bonds. The molecule has 0 saturated carbocycles. The Morgan fingerprint density at radius 3 is 3.20 bits per heavy atom. The van der Waals surface area contributed by atoms with Crippen molar-refractivity contribution in [1.82, 2.24) is 4.98 Å². The van der Waals surface area contributed by atoms with Crippen LogP contribution in [-0.4, -0.2) is 16.5 Å². The highest BCUT2D eigenvalue weighted by Crippen LogP contribution is 1.94. The molecule has 1 rings (SSSR count). The van der Waals surface area contributed by atoms with Crippen molar-refractivity contribution in [3.8, 4) is 0 Å². The number of aromatic nitrogens is 1. The molecule has 0 fully saturated rings. The second-order valence-corrected chi connectivity index (χ2v) is 1.93. The monoisotopic (exact) mass is 142 g/mol. The van der Waals surface area contributed by atoms with Crippen molar-refractivity contribution in [3.05, 3.63) is 34.1 Å². The second-order valence-electron chi connectivity index (χ2n) is 1.93. The van der Waals surface area contributed by atoms with E-state index in [2.05, 4.69) is 4.98 Å². The van der Waals surface area contributed by atoms with E-state index in [0.29, 0.717) is 12.5 Å². The van der Waals surface area contributed by atoms with Crippen LogP contribution in [0, 0.1) is 10.1 Å². The summed E-state index contributed by atoms with van der Waals surface area (Å²) in [5.74, 6) is 0. The second kappa shape index (κ2) is 3.00. The van der Waals surface area contributed by atoms with Gasteiger partial charge in [0.15, 0.2) is 0 Å². The molecule has 4 heteroatoms. The standard InChI is InChI=1S/C6H8N2O2/c9-8(10)5-3-6-2-1-4-7-6/h1-2,4,7H,3,5H2/i1T. The summed E-state index contributed by atoms with van der Waals surface area (Å²) in [5, 5.41) is 9.92. The zero-order valence-corrected chi connectivity index (χ0v) is 5.33. The first kappa shape index (κ1) is 5.46. The Bertz CT molecular complexity index is 259. The minimum Gasteiger partial charge on any atom is -0.365 e. The van der Waals surface area contributed by atoms with Crippen molar-refractivity contribution in [2.75, 3.05) is 6.54 Å². The molecule has 0 atom stereocenters. The molecule has 0 aliphatic heterocycles. The van der Waals surface area contributed by atoms with E-state index >= 15 is 0 Å². The molecular formula is C6H8N2O2. The Morgan fingerprint density at radius 2 is 2.70 bits per heavy atom. The van der Waals surface area contributed by atoms with Crippen LogP contribution in [0.25, 0.3) is 0 Å². The van der Waals surface area contributed by atoms with Gasteiger partial charge in [0.05, 0.1) is 7.79 Å². The normalized spacial score (nSPS) is 11.0. The molecule has 1 N–H and O–H groups in total. The van der Waals surface area contributed by atoms with Crippen molar-refractivity contribution < 1.29 is 6.29 Å². The third-order valence-corrected chi connectivity index (χ3v) is 1.16. The van der Waals surface area contributed by atoms with Crippen LogP contribution in [-0.2, 0) is 6.42 Å². The first-order valence-electron chi connectivity index (χ1n) is 3.44. The van der Waals surface area contributed by atoms with E-state index in [4.69, 9.17) is 1.37 Å². The highest BCUT2D eigenvalue weighted by molar-refractivity contribution is 5.03. The van der Waals surface area contributed by atoms with Gasteiger partial charge in [0.2, 0.25) is 6.54 Å². The van der Waals surface area contributed by atoms with E-state index in [1.807, 2.05) is 0 Å². The van der Waals surface area contributed by atoms with Crippen LogP contribution in [0.2, 0.25) is 0 Å². The predicted octanol–water partition coefficient (Wildman–Crippen LogP) is 0.834. The molecule has 54 valence electrons. The van der Waals surface area contributed by atoms with Gasteiger partial charge < -0.3 is 4.98 Å². The number of H-pyrrole nitrogens is 1. The van der Waals surface area contributed by atoms with Gasteiger partial charge >= 0.3 is 0 Å². The summed E-state index contributed by atoms with van der Waals surface area (Å²) in [7, 11) is 0. The number of rotatable bonds is 3. The fourth-order valence-corrected chi connectivity index (χ4v) is 0.674. The Balaban J connectivity index is 2.45. The number of nitro groups is 1. The zero-order valence-electron chi connectivity index (χ0n) is 6.33. The Morgan fingerprint density at radius 1 is 1.90 bits per heavy atom. The lowest BCUT2D eigenvalue weighted by Crippen LogP contribution is -2.03. The summed E-state index contributed by atoms with van der Waals surface area (Å²) in [5.41, 5.74) is 0.742. The molecule has 10 heavy (non-hydrogen) atoms. The van der Waals surface area contributed by atoms with Gasteiger partial charge in [-0.3, -0.25) is 10.1 Å². The Hall–Kier alpha value is -1.32. The van der Waals surface area contributed by atoms with Gasteiger partial charge in [-0.15, -0.1) is 0 Å². The van der Waals surface area contributed by atoms with Gasteiger partial charge in [0, 0.05) is 16.8 Å². The molecular weight excluding hydrogens is 132 g/mol. The van der Waals surface area contributed by atoms with Crippen LogP contribution in [0.5, 0.6) is 0 Å². The minimum absolute atomic E-state index is 0.0834. The van der Waals surface area contributed by atoms with Gasteiger partial charge in [-0.1, -0.05) is 0 Å². The predicted molar refractivity (Wildman–Crippen MR) is 36.4 cm³/mol. The number of nitrogens with zero attached hydrogens (tertiary/aromatic N) is 1. The number of nitrogens with one attached hydrogen (secondary N) is 1. The van der Waals surface area contributed by atoms with Gasteiger partial charge in [-0.25, -0.2) is 0 Å². The molecule has 0 saturated heterocycles. The summed E-state index contributed by atoms with van der Waals surface area (Å²) in [6.07, 6.45) is 1.88. The molecule has 0 unspecified atom stereocenters. The zero-order chi connectivity index (χ0) is 8.27. The van der Waals surface area contributed by atoms with Crippen molar-refractivity contribution in [1.29, 1.82) is 0 Å². The SMILES string of the molecule is [3H]c1c[nH]c(CC[N+](=O)[O-])c1. The Labute approximate surface area is 59.4 Å². The summed E-state index contributed by atoms with van der Waals surface area (Å²) < 4.78 is 7.10. The number of hydrogen-bond donors (Lipinski definition) is 1. The lowest BCUT2D eigenvalue weighted by Gasteiger charge is -1.89. The maximum Gasteiger partial charge on any atom is 0.209 e. The van der Waals surface area contributed by atoms with Crippen LogP contribution >= 0.6 is 0 Å². The fraction of sp³-hybridized carbons (Fsp3) is 0.333. The summed E-state index contributed by atoms with van der Waals surface area (Å²) >= 11 is 0. The highest BCUT2D eigenvalue weighted by atomic mass is 16.6. The largest absolute Gasteiger partial charge is 0.365 e.